The summed E-state index contributed by atoms with van der Waals surface area (Å²) in [5, 5.41) is 0. The molecule has 1 aliphatic rings. The number of rotatable bonds is 4. The van der Waals surface area contributed by atoms with Gasteiger partial charge >= 0.3 is 0 Å². The third-order valence-corrected chi connectivity index (χ3v) is 5.84. The lowest BCUT2D eigenvalue weighted by molar-refractivity contribution is -0.0551. The minimum atomic E-state index is -3.64. The molecule has 1 aromatic carbocycles. The van der Waals surface area contributed by atoms with Crippen LogP contribution < -0.4 is 9.47 Å². The van der Waals surface area contributed by atoms with Gasteiger partial charge in [-0.2, -0.15) is 4.31 Å². The molecular formula is C15H23NO5S. The maximum Gasteiger partial charge on any atom is 0.243 e. The summed E-state index contributed by atoms with van der Waals surface area (Å²) in [5.41, 5.74) is -0.599. The number of hydrogen-bond donors (Lipinski definition) is 0. The van der Waals surface area contributed by atoms with E-state index in [2.05, 4.69) is 0 Å². The Morgan fingerprint density at radius 2 is 1.86 bits per heavy atom. The molecule has 0 aliphatic carbocycles. The van der Waals surface area contributed by atoms with Gasteiger partial charge in [0, 0.05) is 12.6 Å². The summed E-state index contributed by atoms with van der Waals surface area (Å²) in [6.07, 6.45) is -0.136. The molecule has 0 unspecified atom stereocenters. The minimum absolute atomic E-state index is 0.136. The second kappa shape index (κ2) is 6.06. The van der Waals surface area contributed by atoms with Gasteiger partial charge in [-0.05, 0) is 32.9 Å². The molecule has 124 valence electrons. The van der Waals surface area contributed by atoms with E-state index in [4.69, 9.17) is 14.2 Å². The zero-order valence-corrected chi connectivity index (χ0v) is 14.4. The highest BCUT2D eigenvalue weighted by Gasteiger charge is 2.42. The van der Waals surface area contributed by atoms with Crippen molar-refractivity contribution in [1.82, 2.24) is 4.31 Å². The third kappa shape index (κ3) is 3.06. The second-order valence-corrected chi connectivity index (χ2v) is 7.85. The molecular weight excluding hydrogens is 306 g/mol. The van der Waals surface area contributed by atoms with Crippen LogP contribution in [0.1, 0.15) is 20.8 Å². The number of nitrogens with zero attached hydrogens (tertiary/aromatic N) is 1. The van der Waals surface area contributed by atoms with E-state index < -0.39 is 15.6 Å². The van der Waals surface area contributed by atoms with E-state index in [1.54, 1.807) is 6.07 Å². The summed E-state index contributed by atoms with van der Waals surface area (Å²) >= 11 is 0. The van der Waals surface area contributed by atoms with Crippen LogP contribution in [0, 0.1) is 0 Å². The number of methoxy groups -OCH3 is 2. The quantitative estimate of drug-likeness (QED) is 0.844. The van der Waals surface area contributed by atoms with Crippen molar-refractivity contribution in [2.75, 3.05) is 27.4 Å². The highest BCUT2D eigenvalue weighted by Crippen LogP contribution is 2.34. The maximum absolute atomic E-state index is 13.0. The second-order valence-electron chi connectivity index (χ2n) is 5.99. The molecule has 1 fully saturated rings. The Bertz CT molecular complexity index is 641. The van der Waals surface area contributed by atoms with Gasteiger partial charge in [-0.3, -0.25) is 0 Å². The molecule has 7 heteroatoms. The van der Waals surface area contributed by atoms with Gasteiger partial charge in [0.05, 0.1) is 37.4 Å². The van der Waals surface area contributed by atoms with Gasteiger partial charge in [0.2, 0.25) is 10.0 Å². The first-order valence-electron chi connectivity index (χ1n) is 7.09. The molecule has 0 saturated carbocycles. The average molecular weight is 329 g/mol. The van der Waals surface area contributed by atoms with Gasteiger partial charge in [-0.15, -0.1) is 0 Å². The molecule has 0 spiro atoms. The molecule has 1 saturated heterocycles. The molecule has 1 atom stereocenters. The predicted octanol–water partition coefficient (Wildman–Crippen LogP) is 1.89. The minimum Gasteiger partial charge on any atom is -0.493 e. The number of morpholine rings is 1. The van der Waals surface area contributed by atoms with E-state index in [9.17, 15) is 8.42 Å². The first-order chi connectivity index (χ1) is 10.2. The number of ether oxygens (including phenoxy) is 3. The molecule has 1 aromatic rings. The standard InChI is InChI=1S/C15H23NO5S/c1-11-9-16(15(2,3)10-21-11)22(17,18)12-6-7-13(19-4)14(8-12)20-5/h6-8,11H,9-10H2,1-5H3/t11-/m1/s1. The summed E-state index contributed by atoms with van der Waals surface area (Å²) in [6, 6.07) is 4.62. The van der Waals surface area contributed by atoms with E-state index in [0.29, 0.717) is 24.7 Å². The van der Waals surface area contributed by atoms with Crippen LogP contribution in [0.4, 0.5) is 0 Å². The number of sulfonamides is 1. The van der Waals surface area contributed by atoms with Crippen molar-refractivity contribution in [3.05, 3.63) is 18.2 Å². The first kappa shape index (κ1) is 17.1. The lowest BCUT2D eigenvalue weighted by Gasteiger charge is -2.43. The smallest absolute Gasteiger partial charge is 0.243 e. The summed E-state index contributed by atoms with van der Waals surface area (Å²) in [6.45, 7) is 6.27. The van der Waals surface area contributed by atoms with E-state index >= 15 is 0 Å². The van der Waals surface area contributed by atoms with Crippen LogP contribution >= 0.6 is 0 Å². The average Bonchev–Trinajstić information content (AvgIpc) is 2.48. The van der Waals surface area contributed by atoms with E-state index in [0.717, 1.165) is 0 Å². The largest absolute Gasteiger partial charge is 0.493 e. The monoisotopic (exact) mass is 329 g/mol. The molecule has 0 bridgehead atoms. The Morgan fingerprint density at radius 3 is 2.45 bits per heavy atom. The van der Waals surface area contributed by atoms with E-state index in [-0.39, 0.29) is 11.0 Å². The van der Waals surface area contributed by atoms with Gasteiger partial charge < -0.3 is 14.2 Å². The molecule has 0 radical (unpaired) electrons. The Morgan fingerprint density at radius 1 is 1.23 bits per heavy atom. The van der Waals surface area contributed by atoms with Crippen molar-refractivity contribution in [1.29, 1.82) is 0 Å². The summed E-state index contributed by atoms with van der Waals surface area (Å²) in [7, 11) is -0.649. The fourth-order valence-electron chi connectivity index (χ4n) is 2.48. The van der Waals surface area contributed by atoms with Crippen LogP contribution in [-0.2, 0) is 14.8 Å². The topological polar surface area (TPSA) is 65.1 Å². The van der Waals surface area contributed by atoms with Gasteiger partial charge in [0.1, 0.15) is 0 Å². The molecule has 0 aromatic heterocycles. The number of hydrogen-bond acceptors (Lipinski definition) is 5. The lowest BCUT2D eigenvalue weighted by Crippen LogP contribution is -2.57. The van der Waals surface area contributed by atoms with Crippen LogP contribution in [0.15, 0.2) is 23.1 Å². The third-order valence-electron chi connectivity index (χ3n) is 3.76. The highest BCUT2D eigenvalue weighted by atomic mass is 32.2. The van der Waals surface area contributed by atoms with Crippen molar-refractivity contribution < 1.29 is 22.6 Å². The van der Waals surface area contributed by atoms with Crippen molar-refractivity contribution >= 4 is 10.0 Å². The Balaban J connectivity index is 2.45. The summed E-state index contributed by atoms with van der Waals surface area (Å²) in [4.78, 5) is 0.187. The van der Waals surface area contributed by atoms with Crippen LogP contribution in [-0.4, -0.2) is 51.7 Å². The normalized spacial score (nSPS) is 22.3. The van der Waals surface area contributed by atoms with E-state index in [1.165, 1.54) is 30.7 Å². The molecule has 0 amide bonds. The van der Waals surface area contributed by atoms with Crippen molar-refractivity contribution in [3.63, 3.8) is 0 Å². The predicted molar refractivity (Wildman–Crippen MR) is 82.9 cm³/mol. The molecule has 0 N–H and O–H groups in total. The molecule has 1 aliphatic heterocycles. The Kier molecular flexibility index (Phi) is 4.70. The van der Waals surface area contributed by atoms with Gasteiger partial charge in [-0.1, -0.05) is 0 Å². The SMILES string of the molecule is COc1ccc(S(=O)(=O)N2C[C@@H](C)OCC2(C)C)cc1OC. The van der Waals surface area contributed by atoms with Gasteiger partial charge in [-0.25, -0.2) is 8.42 Å². The van der Waals surface area contributed by atoms with Crippen molar-refractivity contribution in [2.45, 2.75) is 37.3 Å². The number of benzene rings is 1. The Hall–Kier alpha value is -1.31. The van der Waals surface area contributed by atoms with Crippen LogP contribution in [0.3, 0.4) is 0 Å². The molecule has 2 rings (SSSR count). The first-order valence-corrected chi connectivity index (χ1v) is 8.53. The summed E-state index contributed by atoms with van der Waals surface area (Å²) in [5.74, 6) is 0.888. The lowest BCUT2D eigenvalue weighted by atomic mass is 10.1. The molecule has 6 nitrogen and oxygen atoms in total. The molecule has 1 heterocycles. The zero-order chi connectivity index (χ0) is 16.5. The fourth-order valence-corrected chi connectivity index (χ4v) is 4.34. The van der Waals surface area contributed by atoms with Gasteiger partial charge in [0.25, 0.3) is 0 Å². The summed E-state index contributed by atoms with van der Waals surface area (Å²) < 4.78 is 43.4. The van der Waals surface area contributed by atoms with Crippen molar-refractivity contribution in [2.24, 2.45) is 0 Å². The van der Waals surface area contributed by atoms with Crippen LogP contribution in [0.25, 0.3) is 0 Å². The van der Waals surface area contributed by atoms with Crippen LogP contribution in [0.5, 0.6) is 11.5 Å². The Labute approximate surface area is 132 Å². The fraction of sp³-hybridized carbons (Fsp3) is 0.600. The maximum atomic E-state index is 13.0. The molecule has 22 heavy (non-hydrogen) atoms. The zero-order valence-electron chi connectivity index (χ0n) is 13.6. The van der Waals surface area contributed by atoms with Gasteiger partial charge in [0.15, 0.2) is 11.5 Å². The van der Waals surface area contributed by atoms with E-state index in [1.807, 2.05) is 20.8 Å². The van der Waals surface area contributed by atoms with Crippen molar-refractivity contribution in [3.8, 4) is 11.5 Å². The van der Waals surface area contributed by atoms with Crippen LogP contribution in [0.2, 0.25) is 0 Å². The highest BCUT2D eigenvalue weighted by molar-refractivity contribution is 7.89.